The molecule has 0 bridgehead atoms. The summed E-state index contributed by atoms with van der Waals surface area (Å²) in [7, 11) is 0. The first kappa shape index (κ1) is 24.5. The third kappa shape index (κ3) is 6.42. The van der Waals surface area contributed by atoms with Crippen LogP contribution in [0.2, 0.25) is 0 Å². The van der Waals surface area contributed by atoms with Crippen LogP contribution < -0.4 is 0 Å². The van der Waals surface area contributed by atoms with Gasteiger partial charge in [0.1, 0.15) is 0 Å². The van der Waals surface area contributed by atoms with E-state index in [0.29, 0.717) is 28.8 Å². The van der Waals surface area contributed by atoms with Gasteiger partial charge in [-0.3, -0.25) is 34.7 Å². The third-order valence-corrected chi connectivity index (χ3v) is 5.15. The Hall–Kier alpha value is -4.18. The van der Waals surface area contributed by atoms with Gasteiger partial charge in [-0.2, -0.15) is 0 Å². The van der Waals surface area contributed by atoms with Crippen LogP contribution in [0.1, 0.15) is 24.5 Å². The molecule has 0 radical (unpaired) electrons. The van der Waals surface area contributed by atoms with E-state index in [1.807, 2.05) is 4.90 Å². The van der Waals surface area contributed by atoms with Crippen LogP contribution in [0.15, 0.2) is 59.7 Å². The van der Waals surface area contributed by atoms with Crippen LogP contribution >= 0.6 is 0 Å². The van der Waals surface area contributed by atoms with E-state index in [2.05, 4.69) is 0 Å². The predicted octanol–water partition coefficient (Wildman–Crippen LogP) is 3.81. The van der Waals surface area contributed by atoms with Crippen molar-refractivity contribution in [2.75, 3.05) is 26.2 Å². The molecule has 1 saturated heterocycles. The first-order chi connectivity index (χ1) is 16.3. The quantitative estimate of drug-likeness (QED) is 0.249. The van der Waals surface area contributed by atoms with Crippen molar-refractivity contribution in [1.82, 2.24) is 4.90 Å². The maximum absolute atomic E-state index is 13.2. The van der Waals surface area contributed by atoms with Crippen LogP contribution in [0.25, 0.3) is 12.2 Å². The summed E-state index contributed by atoms with van der Waals surface area (Å²) in [6.07, 6.45) is 3.32. The maximum atomic E-state index is 13.2. The van der Waals surface area contributed by atoms with Crippen molar-refractivity contribution in [1.29, 1.82) is 0 Å². The number of nitro groups is 2. The molecule has 34 heavy (non-hydrogen) atoms. The minimum Gasteiger partial charge on any atom is -0.466 e. The summed E-state index contributed by atoms with van der Waals surface area (Å²) in [4.78, 5) is 48.1. The highest BCUT2D eigenvalue weighted by molar-refractivity contribution is 6.14. The lowest BCUT2D eigenvalue weighted by Gasteiger charge is -2.29. The molecule has 10 heteroatoms. The second kappa shape index (κ2) is 11.1. The van der Waals surface area contributed by atoms with Crippen LogP contribution in [-0.2, 0) is 14.3 Å². The van der Waals surface area contributed by atoms with Crippen molar-refractivity contribution in [3.63, 3.8) is 0 Å². The number of ketones is 1. The fraction of sp³-hybridized carbons (Fsp3) is 0.250. The summed E-state index contributed by atoms with van der Waals surface area (Å²) < 4.78 is 4.98. The standard InChI is InChI=1S/C24H23N3O7/c1-2-34-23(28)9-10-25-15-19(11-17-5-3-7-21(13-17)26(30)31)24(29)20(16-25)12-18-6-4-8-22(14-18)27(32)33/h3-8,11-14H,2,9-10,15-16H2,1H3/b19-11-,20-12+. The fourth-order valence-corrected chi connectivity index (χ4v) is 3.61. The van der Waals surface area contributed by atoms with Gasteiger partial charge in [0, 0.05) is 55.0 Å². The molecule has 0 atom stereocenters. The Morgan fingerprint density at radius 2 is 1.47 bits per heavy atom. The molecule has 0 aliphatic carbocycles. The Morgan fingerprint density at radius 1 is 0.971 bits per heavy atom. The number of nitro benzene ring substituents is 2. The van der Waals surface area contributed by atoms with E-state index in [-0.39, 0.29) is 49.2 Å². The molecule has 2 aromatic rings. The Balaban J connectivity index is 1.95. The molecule has 0 amide bonds. The van der Waals surface area contributed by atoms with E-state index in [1.54, 1.807) is 31.2 Å². The lowest BCUT2D eigenvalue weighted by molar-refractivity contribution is -0.385. The minimum absolute atomic E-state index is 0.0934. The number of esters is 1. The van der Waals surface area contributed by atoms with E-state index in [1.165, 1.54) is 36.4 Å². The number of hydrogen-bond acceptors (Lipinski definition) is 8. The predicted molar refractivity (Wildman–Crippen MR) is 125 cm³/mol. The monoisotopic (exact) mass is 465 g/mol. The van der Waals surface area contributed by atoms with Crippen LogP contribution in [-0.4, -0.2) is 52.7 Å². The maximum Gasteiger partial charge on any atom is 0.307 e. The number of carbonyl (C=O) groups excluding carboxylic acids is 2. The number of piperidine rings is 1. The average Bonchev–Trinajstić information content (AvgIpc) is 2.81. The van der Waals surface area contributed by atoms with Crippen molar-refractivity contribution >= 4 is 35.3 Å². The largest absolute Gasteiger partial charge is 0.466 e. The minimum atomic E-state index is -0.510. The van der Waals surface area contributed by atoms with E-state index in [9.17, 15) is 29.8 Å². The molecule has 1 aliphatic heterocycles. The van der Waals surface area contributed by atoms with E-state index < -0.39 is 9.85 Å². The number of Topliss-reactive ketones (excluding diaryl/α,β-unsaturated/α-hetero) is 1. The first-order valence-electron chi connectivity index (χ1n) is 10.6. The van der Waals surface area contributed by atoms with Crippen LogP contribution in [0.3, 0.4) is 0 Å². The van der Waals surface area contributed by atoms with E-state index >= 15 is 0 Å². The highest BCUT2D eigenvalue weighted by atomic mass is 16.6. The summed E-state index contributed by atoms with van der Waals surface area (Å²) in [5.41, 5.74) is 1.60. The van der Waals surface area contributed by atoms with E-state index in [0.717, 1.165) is 0 Å². The number of nitrogens with zero attached hydrogens (tertiary/aromatic N) is 3. The second-order valence-corrected chi connectivity index (χ2v) is 7.64. The molecule has 0 aromatic heterocycles. The Labute approximate surface area is 195 Å². The summed E-state index contributed by atoms with van der Waals surface area (Å²) >= 11 is 0. The fourth-order valence-electron chi connectivity index (χ4n) is 3.61. The SMILES string of the molecule is CCOC(=O)CCN1C/C(=C/c2cccc([N+](=O)[O-])c2)C(=O)/C(=C/c2cccc([N+](=O)[O-])c2)C1. The summed E-state index contributed by atoms with van der Waals surface area (Å²) in [6, 6.07) is 11.9. The number of non-ortho nitro benzene ring substituents is 2. The van der Waals surface area contributed by atoms with Gasteiger partial charge >= 0.3 is 5.97 Å². The van der Waals surface area contributed by atoms with Gasteiger partial charge in [0.05, 0.1) is 22.9 Å². The van der Waals surface area contributed by atoms with Crippen molar-refractivity contribution in [2.45, 2.75) is 13.3 Å². The molecule has 176 valence electrons. The van der Waals surface area contributed by atoms with Crippen LogP contribution in [0.4, 0.5) is 11.4 Å². The van der Waals surface area contributed by atoms with Gasteiger partial charge in [-0.05, 0) is 30.2 Å². The number of benzene rings is 2. The molecule has 1 aliphatic rings. The molecule has 0 N–H and O–H groups in total. The van der Waals surface area contributed by atoms with Crippen molar-refractivity contribution in [3.8, 4) is 0 Å². The lowest BCUT2D eigenvalue weighted by atomic mass is 9.94. The average molecular weight is 465 g/mol. The molecule has 1 fully saturated rings. The number of ether oxygens (including phenoxy) is 1. The van der Waals surface area contributed by atoms with Crippen LogP contribution in [0.5, 0.6) is 0 Å². The molecule has 3 rings (SSSR count). The van der Waals surface area contributed by atoms with Gasteiger partial charge in [0.25, 0.3) is 11.4 Å². The first-order valence-corrected chi connectivity index (χ1v) is 10.6. The van der Waals surface area contributed by atoms with Crippen molar-refractivity contribution in [3.05, 3.63) is 91.0 Å². The molecule has 1 heterocycles. The highest BCUT2D eigenvalue weighted by Crippen LogP contribution is 2.24. The van der Waals surface area contributed by atoms with Gasteiger partial charge in [-0.15, -0.1) is 0 Å². The molecule has 0 spiro atoms. The normalized spacial score (nSPS) is 16.6. The van der Waals surface area contributed by atoms with Gasteiger partial charge in [-0.25, -0.2) is 0 Å². The second-order valence-electron chi connectivity index (χ2n) is 7.64. The Morgan fingerprint density at radius 3 is 1.91 bits per heavy atom. The zero-order valence-electron chi connectivity index (χ0n) is 18.5. The number of carbonyl (C=O) groups is 2. The number of rotatable bonds is 8. The summed E-state index contributed by atoms with van der Waals surface area (Å²) in [6.45, 7) is 2.82. The Kier molecular flexibility index (Phi) is 7.99. The smallest absolute Gasteiger partial charge is 0.307 e. The van der Waals surface area contributed by atoms with Crippen molar-refractivity contribution in [2.24, 2.45) is 0 Å². The lowest BCUT2D eigenvalue weighted by Crippen LogP contribution is -2.39. The topological polar surface area (TPSA) is 133 Å². The zero-order valence-corrected chi connectivity index (χ0v) is 18.5. The molecule has 2 aromatic carbocycles. The van der Waals surface area contributed by atoms with Gasteiger partial charge in [-0.1, -0.05) is 24.3 Å². The van der Waals surface area contributed by atoms with Crippen LogP contribution in [0, 0.1) is 20.2 Å². The molecule has 0 saturated carbocycles. The molecule has 0 unspecified atom stereocenters. The summed E-state index contributed by atoms with van der Waals surface area (Å²) in [5.74, 6) is -0.613. The van der Waals surface area contributed by atoms with Gasteiger partial charge in [0.15, 0.2) is 5.78 Å². The number of likely N-dealkylation sites (tertiary alicyclic amines) is 1. The zero-order chi connectivity index (χ0) is 24.7. The highest BCUT2D eigenvalue weighted by Gasteiger charge is 2.27. The summed E-state index contributed by atoms with van der Waals surface area (Å²) in [5, 5.41) is 22.2. The molecular weight excluding hydrogens is 442 g/mol. The van der Waals surface area contributed by atoms with Gasteiger partial charge in [0.2, 0.25) is 0 Å². The molecular formula is C24H23N3O7. The molecule has 10 nitrogen and oxygen atoms in total. The van der Waals surface area contributed by atoms with E-state index in [4.69, 9.17) is 4.74 Å². The third-order valence-electron chi connectivity index (χ3n) is 5.15. The Bertz CT molecular complexity index is 1110. The van der Waals surface area contributed by atoms with Crippen molar-refractivity contribution < 1.29 is 24.2 Å². The number of hydrogen-bond donors (Lipinski definition) is 0. The van der Waals surface area contributed by atoms with Gasteiger partial charge < -0.3 is 4.74 Å².